The molecule has 0 aromatic heterocycles. The van der Waals surface area contributed by atoms with Gasteiger partial charge in [0.25, 0.3) is 0 Å². The van der Waals surface area contributed by atoms with Crippen LogP contribution in [0.15, 0.2) is 24.3 Å². The molecule has 1 aliphatic carbocycles. The number of carbonyl (C=O) groups is 2. The molecule has 0 spiro atoms. The monoisotopic (exact) mass is 377 g/mol. The number of hydrogen-bond donors (Lipinski definition) is 1. The SMILES string of the molecule is CC1CCCCC1NC(=O)N1CCN(C(=O)Cc2ccccc2Cl)CC1. The molecule has 3 amide bonds. The van der Waals surface area contributed by atoms with E-state index < -0.39 is 0 Å². The molecular weight excluding hydrogens is 350 g/mol. The van der Waals surface area contributed by atoms with Gasteiger partial charge in [0.1, 0.15) is 0 Å². The third kappa shape index (κ3) is 4.70. The molecule has 0 bridgehead atoms. The Labute approximate surface area is 160 Å². The Hall–Kier alpha value is -1.75. The maximum Gasteiger partial charge on any atom is 0.317 e. The van der Waals surface area contributed by atoms with E-state index in [0.717, 1.165) is 12.0 Å². The Kier molecular flexibility index (Phi) is 6.41. The van der Waals surface area contributed by atoms with Gasteiger partial charge in [0.15, 0.2) is 0 Å². The zero-order chi connectivity index (χ0) is 18.5. The first-order valence-corrected chi connectivity index (χ1v) is 9.99. The maximum absolute atomic E-state index is 12.5. The van der Waals surface area contributed by atoms with Crippen LogP contribution in [-0.4, -0.2) is 54.0 Å². The average molecular weight is 378 g/mol. The summed E-state index contributed by atoms with van der Waals surface area (Å²) in [6, 6.07) is 7.75. The fourth-order valence-electron chi connectivity index (χ4n) is 3.86. The summed E-state index contributed by atoms with van der Waals surface area (Å²) < 4.78 is 0. The van der Waals surface area contributed by atoms with Gasteiger partial charge in [-0.3, -0.25) is 4.79 Å². The Bertz CT molecular complexity index is 644. The van der Waals surface area contributed by atoms with Gasteiger partial charge < -0.3 is 15.1 Å². The highest BCUT2D eigenvalue weighted by Crippen LogP contribution is 2.24. The van der Waals surface area contributed by atoms with Crippen LogP contribution in [0, 0.1) is 5.92 Å². The minimum atomic E-state index is 0.0157. The summed E-state index contributed by atoms with van der Waals surface area (Å²) in [7, 11) is 0. The zero-order valence-electron chi connectivity index (χ0n) is 15.4. The molecule has 1 aliphatic heterocycles. The third-order valence-corrected chi connectivity index (χ3v) is 6.01. The van der Waals surface area contributed by atoms with Crippen molar-refractivity contribution in [3.05, 3.63) is 34.9 Å². The van der Waals surface area contributed by atoms with Crippen molar-refractivity contribution in [1.29, 1.82) is 0 Å². The number of benzene rings is 1. The van der Waals surface area contributed by atoms with Crippen LogP contribution in [0.5, 0.6) is 0 Å². The molecule has 2 fully saturated rings. The molecule has 142 valence electrons. The van der Waals surface area contributed by atoms with Crippen molar-refractivity contribution in [3.8, 4) is 0 Å². The first kappa shape index (κ1) is 19.0. The van der Waals surface area contributed by atoms with Crippen molar-refractivity contribution in [2.24, 2.45) is 5.92 Å². The van der Waals surface area contributed by atoms with E-state index in [1.807, 2.05) is 28.0 Å². The number of carbonyl (C=O) groups excluding carboxylic acids is 2. The highest BCUT2D eigenvalue weighted by atomic mass is 35.5. The van der Waals surface area contributed by atoms with Gasteiger partial charge in [0, 0.05) is 37.2 Å². The van der Waals surface area contributed by atoms with Gasteiger partial charge in [-0.05, 0) is 30.4 Å². The fourth-order valence-corrected chi connectivity index (χ4v) is 4.06. The number of hydrogen-bond acceptors (Lipinski definition) is 2. The number of urea groups is 1. The van der Waals surface area contributed by atoms with E-state index in [0.29, 0.717) is 43.5 Å². The topological polar surface area (TPSA) is 52.7 Å². The Balaban J connectivity index is 1.47. The standard InChI is InChI=1S/C20H28ClN3O2/c1-15-6-2-5-9-18(15)22-20(26)24-12-10-23(11-13-24)19(25)14-16-7-3-4-8-17(16)21/h3-4,7-8,15,18H,2,5-6,9-14H2,1H3,(H,22,26). The van der Waals surface area contributed by atoms with Gasteiger partial charge in [-0.25, -0.2) is 4.79 Å². The number of nitrogens with zero attached hydrogens (tertiary/aromatic N) is 2. The lowest BCUT2D eigenvalue weighted by atomic mass is 9.86. The maximum atomic E-state index is 12.5. The molecule has 6 heteroatoms. The predicted molar refractivity (Wildman–Crippen MR) is 103 cm³/mol. The third-order valence-electron chi connectivity index (χ3n) is 5.64. The van der Waals surface area contributed by atoms with Crippen LogP contribution >= 0.6 is 11.6 Å². The van der Waals surface area contributed by atoms with Gasteiger partial charge in [-0.15, -0.1) is 0 Å². The summed E-state index contributed by atoms with van der Waals surface area (Å²) in [6.07, 6.45) is 5.03. The second-order valence-corrected chi connectivity index (χ2v) is 7.86. The van der Waals surface area contributed by atoms with Gasteiger partial charge in [-0.2, -0.15) is 0 Å². The molecule has 1 saturated carbocycles. The Morgan fingerprint density at radius 1 is 1.08 bits per heavy atom. The van der Waals surface area contributed by atoms with Gasteiger partial charge in [0.05, 0.1) is 6.42 Å². The van der Waals surface area contributed by atoms with Crippen molar-refractivity contribution in [3.63, 3.8) is 0 Å². The molecule has 5 nitrogen and oxygen atoms in total. The first-order valence-electron chi connectivity index (χ1n) is 9.61. The lowest BCUT2D eigenvalue weighted by Gasteiger charge is -2.37. The van der Waals surface area contributed by atoms with Crippen molar-refractivity contribution >= 4 is 23.5 Å². The molecule has 1 heterocycles. The summed E-state index contributed by atoms with van der Waals surface area (Å²) >= 11 is 6.14. The number of halogens is 1. The second-order valence-electron chi connectivity index (χ2n) is 7.45. The van der Waals surface area contributed by atoms with Crippen molar-refractivity contribution < 1.29 is 9.59 Å². The summed E-state index contributed by atoms with van der Waals surface area (Å²) in [5, 5.41) is 3.82. The fraction of sp³-hybridized carbons (Fsp3) is 0.600. The van der Waals surface area contributed by atoms with Crippen LogP contribution in [0.3, 0.4) is 0 Å². The quantitative estimate of drug-likeness (QED) is 0.878. The van der Waals surface area contributed by atoms with Gasteiger partial charge in [-0.1, -0.05) is 49.6 Å². The van der Waals surface area contributed by atoms with Crippen molar-refractivity contribution in [2.45, 2.75) is 45.1 Å². The molecule has 1 N–H and O–H groups in total. The zero-order valence-corrected chi connectivity index (χ0v) is 16.2. The number of nitrogens with one attached hydrogen (secondary N) is 1. The van der Waals surface area contributed by atoms with Crippen molar-refractivity contribution in [1.82, 2.24) is 15.1 Å². The number of amides is 3. The van der Waals surface area contributed by atoms with Crippen LogP contribution in [0.25, 0.3) is 0 Å². The van der Waals surface area contributed by atoms with Gasteiger partial charge >= 0.3 is 6.03 Å². The first-order chi connectivity index (χ1) is 12.5. The van der Waals surface area contributed by atoms with Crippen LogP contribution in [0.2, 0.25) is 5.02 Å². The summed E-state index contributed by atoms with van der Waals surface area (Å²) in [4.78, 5) is 28.7. The highest BCUT2D eigenvalue weighted by molar-refractivity contribution is 6.31. The van der Waals surface area contributed by atoms with E-state index >= 15 is 0 Å². The lowest BCUT2D eigenvalue weighted by Crippen LogP contribution is -2.55. The van der Waals surface area contributed by atoms with E-state index in [1.165, 1.54) is 19.3 Å². The Morgan fingerprint density at radius 2 is 1.73 bits per heavy atom. The smallest absolute Gasteiger partial charge is 0.317 e. The lowest BCUT2D eigenvalue weighted by molar-refractivity contribution is -0.131. The van der Waals surface area contributed by atoms with E-state index in [2.05, 4.69) is 12.2 Å². The molecule has 2 unspecified atom stereocenters. The largest absolute Gasteiger partial charge is 0.339 e. The Morgan fingerprint density at radius 3 is 2.42 bits per heavy atom. The minimum Gasteiger partial charge on any atom is -0.339 e. The molecule has 1 saturated heterocycles. The van der Waals surface area contributed by atoms with Crippen molar-refractivity contribution in [2.75, 3.05) is 26.2 Å². The average Bonchev–Trinajstić information content (AvgIpc) is 2.65. The normalized spacial score (nSPS) is 23.6. The van der Waals surface area contributed by atoms with Crippen LogP contribution in [0.4, 0.5) is 4.79 Å². The molecule has 2 atom stereocenters. The molecule has 0 radical (unpaired) electrons. The molecule has 3 rings (SSSR count). The predicted octanol–water partition coefficient (Wildman–Crippen LogP) is 3.32. The molecule has 1 aromatic rings. The van der Waals surface area contributed by atoms with Crippen LogP contribution in [-0.2, 0) is 11.2 Å². The van der Waals surface area contributed by atoms with E-state index in [-0.39, 0.29) is 18.0 Å². The second kappa shape index (κ2) is 8.76. The summed E-state index contributed by atoms with van der Waals surface area (Å²) in [5.74, 6) is 0.616. The highest BCUT2D eigenvalue weighted by Gasteiger charge is 2.28. The number of rotatable bonds is 3. The van der Waals surface area contributed by atoms with E-state index in [1.54, 1.807) is 6.07 Å². The molecule has 1 aromatic carbocycles. The molecular formula is C20H28ClN3O2. The molecule has 2 aliphatic rings. The van der Waals surface area contributed by atoms with E-state index in [9.17, 15) is 9.59 Å². The summed E-state index contributed by atoms with van der Waals surface area (Å²) in [6.45, 7) is 4.55. The summed E-state index contributed by atoms with van der Waals surface area (Å²) in [5.41, 5.74) is 0.852. The molecule has 26 heavy (non-hydrogen) atoms. The number of piperazine rings is 1. The van der Waals surface area contributed by atoms with Crippen LogP contribution in [0.1, 0.15) is 38.2 Å². The van der Waals surface area contributed by atoms with Crippen LogP contribution < -0.4 is 5.32 Å². The van der Waals surface area contributed by atoms with E-state index in [4.69, 9.17) is 11.6 Å². The minimum absolute atomic E-state index is 0.0157. The van der Waals surface area contributed by atoms with Gasteiger partial charge in [0.2, 0.25) is 5.91 Å².